The molecule has 0 saturated heterocycles. The Labute approximate surface area is 93.2 Å². The standard InChI is InChI=1S/C10H14FN3O2/c1-4-6-13-9(11)7(3)8(14-12)10(15)16-5-2/h4,6H,3,5,12H2,1-2H3/b6-4-,13-9?,14-8-. The van der Waals surface area contributed by atoms with Gasteiger partial charge in [0.2, 0.25) is 5.97 Å². The number of halogens is 1. The van der Waals surface area contributed by atoms with Gasteiger partial charge in [0, 0.05) is 6.20 Å². The molecule has 0 spiro atoms. The number of aliphatic imine (C=N–C) groups is 1. The zero-order valence-corrected chi connectivity index (χ0v) is 9.24. The van der Waals surface area contributed by atoms with E-state index in [1.54, 1.807) is 13.8 Å². The van der Waals surface area contributed by atoms with E-state index in [0.29, 0.717) is 0 Å². The topological polar surface area (TPSA) is 77.0 Å². The SMILES string of the molecule is C=C(C(F)=N/C=C\C)/C(=N/N)C(=O)OCC. The van der Waals surface area contributed by atoms with E-state index in [4.69, 9.17) is 5.84 Å². The molecule has 0 bridgehead atoms. The van der Waals surface area contributed by atoms with Crippen molar-refractivity contribution in [3.05, 3.63) is 24.4 Å². The Morgan fingerprint density at radius 2 is 2.25 bits per heavy atom. The van der Waals surface area contributed by atoms with E-state index in [2.05, 4.69) is 21.4 Å². The van der Waals surface area contributed by atoms with Gasteiger partial charge in [-0.3, -0.25) is 0 Å². The number of hydrogen-bond donors (Lipinski definition) is 1. The Kier molecular flexibility index (Phi) is 6.42. The minimum absolute atomic E-state index is 0.138. The Morgan fingerprint density at radius 1 is 1.62 bits per heavy atom. The highest BCUT2D eigenvalue weighted by atomic mass is 19.1. The highest BCUT2D eigenvalue weighted by molar-refractivity contribution is 6.49. The number of rotatable bonds is 5. The summed E-state index contributed by atoms with van der Waals surface area (Å²) < 4.78 is 17.9. The Morgan fingerprint density at radius 3 is 2.69 bits per heavy atom. The van der Waals surface area contributed by atoms with Crippen LogP contribution in [0.25, 0.3) is 0 Å². The van der Waals surface area contributed by atoms with Gasteiger partial charge >= 0.3 is 5.97 Å². The van der Waals surface area contributed by atoms with Crippen molar-refractivity contribution < 1.29 is 13.9 Å². The fourth-order valence-corrected chi connectivity index (χ4v) is 0.769. The van der Waals surface area contributed by atoms with Gasteiger partial charge in [-0.15, -0.1) is 0 Å². The van der Waals surface area contributed by atoms with Gasteiger partial charge < -0.3 is 10.6 Å². The summed E-state index contributed by atoms with van der Waals surface area (Å²) in [5, 5.41) is 3.13. The summed E-state index contributed by atoms with van der Waals surface area (Å²) in [5.41, 5.74) is -0.688. The summed E-state index contributed by atoms with van der Waals surface area (Å²) in [6.07, 6.45) is 2.75. The van der Waals surface area contributed by atoms with Gasteiger partial charge in [0.1, 0.15) is 0 Å². The molecule has 0 aliphatic rings. The number of carbonyl (C=O) groups excluding carboxylic acids is 1. The lowest BCUT2D eigenvalue weighted by atomic mass is 10.2. The summed E-state index contributed by atoms with van der Waals surface area (Å²) >= 11 is 0. The van der Waals surface area contributed by atoms with Crippen molar-refractivity contribution in [2.75, 3.05) is 6.61 Å². The molecule has 0 radical (unpaired) electrons. The second-order valence-electron chi connectivity index (χ2n) is 2.58. The number of nitrogens with two attached hydrogens (primary N) is 1. The molecule has 0 heterocycles. The maximum atomic E-state index is 13.3. The lowest BCUT2D eigenvalue weighted by Gasteiger charge is -2.04. The van der Waals surface area contributed by atoms with Crippen molar-refractivity contribution in [1.29, 1.82) is 0 Å². The van der Waals surface area contributed by atoms with E-state index in [9.17, 15) is 9.18 Å². The molecule has 88 valence electrons. The predicted octanol–water partition coefficient (Wildman–Crippen LogP) is 1.32. The van der Waals surface area contributed by atoms with Crippen LogP contribution >= 0.6 is 0 Å². The Hall–Kier alpha value is -1.98. The minimum atomic E-state index is -0.935. The maximum Gasteiger partial charge on any atom is 0.359 e. The third kappa shape index (κ3) is 4.04. The van der Waals surface area contributed by atoms with Crippen LogP contribution < -0.4 is 5.84 Å². The molecule has 2 N–H and O–H groups in total. The highest BCUT2D eigenvalue weighted by Gasteiger charge is 2.20. The molecule has 0 rings (SSSR count). The molecule has 0 aromatic rings. The van der Waals surface area contributed by atoms with Crippen LogP contribution in [0.3, 0.4) is 0 Å². The molecule has 0 fully saturated rings. The molecule has 0 aromatic heterocycles. The normalized spacial score (nSPS) is 12.9. The van der Waals surface area contributed by atoms with Crippen molar-refractivity contribution in [3.8, 4) is 0 Å². The largest absolute Gasteiger partial charge is 0.461 e. The summed E-state index contributed by atoms with van der Waals surface area (Å²) in [7, 11) is 0. The zero-order valence-electron chi connectivity index (χ0n) is 9.24. The van der Waals surface area contributed by atoms with E-state index in [1.807, 2.05) is 0 Å². The number of nitrogens with zero attached hydrogens (tertiary/aromatic N) is 2. The lowest BCUT2D eigenvalue weighted by molar-refractivity contribution is -0.134. The predicted molar refractivity (Wildman–Crippen MR) is 60.8 cm³/mol. The fourth-order valence-electron chi connectivity index (χ4n) is 0.769. The molecule has 0 saturated carbocycles. The molecule has 0 amide bonds. The van der Waals surface area contributed by atoms with Crippen molar-refractivity contribution in [1.82, 2.24) is 0 Å². The number of esters is 1. The summed E-state index contributed by atoms with van der Waals surface area (Å²) in [6, 6.07) is 0. The molecule has 0 aliphatic heterocycles. The maximum absolute atomic E-state index is 13.3. The van der Waals surface area contributed by atoms with Crippen LogP contribution in [-0.2, 0) is 9.53 Å². The molecule has 0 atom stereocenters. The van der Waals surface area contributed by atoms with Crippen LogP contribution in [0.2, 0.25) is 0 Å². The van der Waals surface area contributed by atoms with Gasteiger partial charge in [-0.25, -0.2) is 9.79 Å². The molecular weight excluding hydrogens is 213 g/mol. The first kappa shape index (κ1) is 14.0. The number of hydrazone groups is 1. The van der Waals surface area contributed by atoms with Crippen LogP contribution in [0.1, 0.15) is 13.8 Å². The van der Waals surface area contributed by atoms with Crippen molar-refractivity contribution in [2.24, 2.45) is 15.9 Å². The molecule has 0 unspecified atom stereocenters. The molecule has 16 heavy (non-hydrogen) atoms. The van der Waals surface area contributed by atoms with Crippen LogP contribution in [0.5, 0.6) is 0 Å². The molecule has 0 aliphatic carbocycles. The van der Waals surface area contributed by atoms with E-state index in [0.717, 1.165) is 0 Å². The van der Waals surface area contributed by atoms with Gasteiger partial charge in [-0.2, -0.15) is 9.49 Å². The third-order valence-electron chi connectivity index (χ3n) is 1.47. The first-order valence-electron chi connectivity index (χ1n) is 4.57. The summed E-state index contributed by atoms with van der Waals surface area (Å²) in [6.45, 7) is 6.75. The Bertz CT molecular complexity index is 359. The van der Waals surface area contributed by atoms with Gasteiger partial charge in [-0.1, -0.05) is 12.7 Å². The monoisotopic (exact) mass is 227 g/mol. The van der Waals surface area contributed by atoms with Crippen molar-refractivity contribution in [3.63, 3.8) is 0 Å². The van der Waals surface area contributed by atoms with Gasteiger partial charge in [0.15, 0.2) is 5.71 Å². The molecular formula is C10H14FN3O2. The van der Waals surface area contributed by atoms with Crippen molar-refractivity contribution in [2.45, 2.75) is 13.8 Å². The first-order chi connectivity index (χ1) is 7.58. The second kappa shape index (κ2) is 7.33. The third-order valence-corrected chi connectivity index (χ3v) is 1.47. The zero-order chi connectivity index (χ0) is 12.6. The number of carbonyl (C=O) groups is 1. The highest BCUT2D eigenvalue weighted by Crippen LogP contribution is 2.03. The van der Waals surface area contributed by atoms with Gasteiger partial charge in [0.25, 0.3) is 0 Å². The van der Waals surface area contributed by atoms with Crippen LogP contribution in [0, 0.1) is 0 Å². The van der Waals surface area contributed by atoms with Crippen LogP contribution in [0.4, 0.5) is 4.39 Å². The first-order valence-corrected chi connectivity index (χ1v) is 4.57. The number of ether oxygens (including phenoxy) is 1. The summed E-state index contributed by atoms with van der Waals surface area (Å²) in [5.74, 6) is 3.19. The molecule has 5 nitrogen and oxygen atoms in total. The number of hydrogen-bond acceptors (Lipinski definition) is 5. The average molecular weight is 227 g/mol. The minimum Gasteiger partial charge on any atom is -0.461 e. The van der Waals surface area contributed by atoms with Gasteiger partial charge in [0.05, 0.1) is 12.2 Å². The molecule has 0 aromatic carbocycles. The van der Waals surface area contributed by atoms with E-state index in [1.165, 1.54) is 12.3 Å². The second-order valence-corrected chi connectivity index (χ2v) is 2.58. The number of allylic oxidation sites excluding steroid dienone is 1. The fraction of sp³-hybridized carbons (Fsp3) is 0.300. The van der Waals surface area contributed by atoms with Crippen molar-refractivity contribution >= 4 is 17.6 Å². The van der Waals surface area contributed by atoms with E-state index >= 15 is 0 Å². The quantitative estimate of drug-likeness (QED) is 0.333. The summed E-state index contributed by atoms with van der Waals surface area (Å²) in [4.78, 5) is 14.6. The van der Waals surface area contributed by atoms with E-state index < -0.39 is 11.9 Å². The van der Waals surface area contributed by atoms with Crippen LogP contribution in [0.15, 0.2) is 34.5 Å². The average Bonchev–Trinajstić information content (AvgIpc) is 2.27. The van der Waals surface area contributed by atoms with Gasteiger partial charge in [-0.05, 0) is 13.8 Å². The lowest BCUT2D eigenvalue weighted by Crippen LogP contribution is -2.23. The van der Waals surface area contributed by atoms with Crippen LogP contribution in [-0.4, -0.2) is 24.3 Å². The molecule has 6 heteroatoms. The Balaban J connectivity index is 4.87. The smallest absolute Gasteiger partial charge is 0.359 e. The van der Waals surface area contributed by atoms with E-state index in [-0.39, 0.29) is 17.9 Å².